The molecule has 2 N–H and O–H groups in total. The molecule has 4 heteroatoms. The number of nitrogens with two attached hydrogens (primary N) is 1. The fraction of sp³-hybridized carbons (Fsp3) is 0.667. The summed E-state index contributed by atoms with van der Waals surface area (Å²) in [6, 6.07) is 3.58. The summed E-state index contributed by atoms with van der Waals surface area (Å²) < 4.78 is 0. The number of nitrogen functional groups attached to an aromatic ring is 1. The fourth-order valence-electron chi connectivity index (χ4n) is 2.78. The predicted octanol–water partition coefficient (Wildman–Crippen LogP) is 3.58. The van der Waals surface area contributed by atoms with Crippen molar-refractivity contribution >= 4 is 17.4 Å². The van der Waals surface area contributed by atoms with E-state index >= 15 is 0 Å². The molecule has 0 aromatic carbocycles. The van der Waals surface area contributed by atoms with Crippen LogP contribution in [0.4, 0.5) is 5.82 Å². The van der Waals surface area contributed by atoms with Gasteiger partial charge in [-0.1, -0.05) is 32.4 Å². The van der Waals surface area contributed by atoms with Gasteiger partial charge in [-0.25, -0.2) is 4.98 Å². The van der Waals surface area contributed by atoms with E-state index in [1.165, 1.54) is 12.8 Å². The number of rotatable bonds is 2. The zero-order chi connectivity index (χ0) is 14.0. The van der Waals surface area contributed by atoms with Crippen LogP contribution in [0.15, 0.2) is 12.1 Å². The van der Waals surface area contributed by atoms with Crippen LogP contribution in [0.25, 0.3) is 0 Å². The van der Waals surface area contributed by atoms with Gasteiger partial charge < -0.3 is 5.73 Å². The Balaban J connectivity index is 1.94. The van der Waals surface area contributed by atoms with Gasteiger partial charge in [0, 0.05) is 6.54 Å². The quantitative estimate of drug-likeness (QED) is 0.901. The molecule has 0 aliphatic carbocycles. The summed E-state index contributed by atoms with van der Waals surface area (Å²) >= 11 is 6.17. The van der Waals surface area contributed by atoms with Crippen molar-refractivity contribution < 1.29 is 0 Å². The molecule has 1 fully saturated rings. The number of halogens is 1. The molecule has 2 heterocycles. The normalized spacial score (nSPS) is 18.7. The average molecular weight is 282 g/mol. The molecule has 0 unspecified atom stereocenters. The van der Waals surface area contributed by atoms with Crippen LogP contribution in [0.2, 0.25) is 5.02 Å². The first-order valence-corrected chi connectivity index (χ1v) is 7.37. The first-order chi connectivity index (χ1) is 8.86. The molecule has 1 aliphatic heterocycles. The molecule has 1 aromatic rings. The lowest BCUT2D eigenvalue weighted by molar-refractivity contribution is 0.107. The second-order valence-corrected chi connectivity index (χ2v) is 6.99. The maximum atomic E-state index is 6.17. The number of hydrogen-bond acceptors (Lipinski definition) is 3. The number of pyridine rings is 1. The molecule has 106 valence electrons. The lowest BCUT2D eigenvalue weighted by atomic mass is 9.75. The smallest absolute Gasteiger partial charge is 0.123 e. The Morgan fingerprint density at radius 3 is 2.53 bits per heavy atom. The molecule has 3 nitrogen and oxygen atoms in total. The number of likely N-dealkylation sites (tertiary alicyclic amines) is 1. The number of aromatic nitrogens is 1. The van der Waals surface area contributed by atoms with Crippen LogP contribution < -0.4 is 5.73 Å². The Hall–Kier alpha value is -0.800. The maximum absolute atomic E-state index is 6.17. The van der Waals surface area contributed by atoms with Gasteiger partial charge in [-0.05, 0) is 49.4 Å². The summed E-state index contributed by atoms with van der Waals surface area (Å²) in [5, 5.41) is 0.715. The van der Waals surface area contributed by atoms with E-state index in [1.807, 2.05) is 6.07 Å². The average Bonchev–Trinajstić information content (AvgIpc) is 2.33. The molecular weight excluding hydrogens is 258 g/mol. The van der Waals surface area contributed by atoms with Gasteiger partial charge in [0.25, 0.3) is 0 Å². The zero-order valence-corrected chi connectivity index (χ0v) is 12.9. The van der Waals surface area contributed by atoms with Gasteiger partial charge in [0.15, 0.2) is 0 Å². The molecular formula is C15H24ClN3. The topological polar surface area (TPSA) is 42.2 Å². The molecule has 1 aliphatic rings. The second kappa shape index (κ2) is 5.68. The third kappa shape index (κ3) is 3.83. The van der Waals surface area contributed by atoms with Crippen LogP contribution in [-0.2, 0) is 6.54 Å². The van der Waals surface area contributed by atoms with Crippen molar-refractivity contribution in [1.29, 1.82) is 0 Å². The second-order valence-electron chi connectivity index (χ2n) is 6.58. The summed E-state index contributed by atoms with van der Waals surface area (Å²) in [6.45, 7) is 10.1. The fourth-order valence-corrected chi connectivity index (χ4v) is 2.95. The number of piperidine rings is 1. The SMILES string of the molecule is CC(C)(C)C1CCN(Cc2nc(N)ccc2Cl)CC1. The molecule has 0 atom stereocenters. The first kappa shape index (κ1) is 14.6. The van der Waals surface area contributed by atoms with Crippen molar-refractivity contribution in [2.24, 2.45) is 11.3 Å². The Labute approximate surface area is 121 Å². The highest BCUT2D eigenvalue weighted by atomic mass is 35.5. The van der Waals surface area contributed by atoms with E-state index < -0.39 is 0 Å². The van der Waals surface area contributed by atoms with E-state index in [9.17, 15) is 0 Å². The van der Waals surface area contributed by atoms with E-state index in [1.54, 1.807) is 6.07 Å². The van der Waals surface area contributed by atoms with Gasteiger partial charge >= 0.3 is 0 Å². The van der Waals surface area contributed by atoms with Gasteiger partial charge in [-0.3, -0.25) is 4.90 Å². The Bertz CT molecular complexity index is 432. The number of nitrogens with zero attached hydrogens (tertiary/aromatic N) is 2. The van der Waals surface area contributed by atoms with Crippen LogP contribution >= 0.6 is 11.6 Å². The highest BCUT2D eigenvalue weighted by molar-refractivity contribution is 6.31. The van der Waals surface area contributed by atoms with Crippen LogP contribution in [0.1, 0.15) is 39.3 Å². The molecule has 2 rings (SSSR count). The minimum absolute atomic E-state index is 0.416. The van der Waals surface area contributed by atoms with Crippen molar-refractivity contribution in [1.82, 2.24) is 9.88 Å². The summed E-state index contributed by atoms with van der Waals surface area (Å²) in [7, 11) is 0. The summed E-state index contributed by atoms with van der Waals surface area (Å²) in [5.41, 5.74) is 7.04. The van der Waals surface area contributed by atoms with Crippen LogP contribution in [-0.4, -0.2) is 23.0 Å². The van der Waals surface area contributed by atoms with Gasteiger partial charge in [0.2, 0.25) is 0 Å². The van der Waals surface area contributed by atoms with Crippen LogP contribution in [0, 0.1) is 11.3 Å². The minimum Gasteiger partial charge on any atom is -0.384 e. The zero-order valence-electron chi connectivity index (χ0n) is 12.1. The van der Waals surface area contributed by atoms with Gasteiger partial charge in [0.1, 0.15) is 5.82 Å². The predicted molar refractivity (Wildman–Crippen MR) is 81.1 cm³/mol. The molecule has 0 radical (unpaired) electrons. The van der Waals surface area contributed by atoms with Crippen molar-refractivity contribution in [2.75, 3.05) is 18.8 Å². The summed E-state index contributed by atoms with van der Waals surface area (Å²) in [4.78, 5) is 6.77. The van der Waals surface area contributed by atoms with Crippen molar-refractivity contribution in [2.45, 2.75) is 40.2 Å². The Morgan fingerprint density at radius 1 is 1.32 bits per heavy atom. The number of hydrogen-bond donors (Lipinski definition) is 1. The van der Waals surface area contributed by atoms with E-state index in [-0.39, 0.29) is 0 Å². The Kier molecular flexibility index (Phi) is 4.36. The largest absolute Gasteiger partial charge is 0.384 e. The molecule has 1 saturated heterocycles. The number of anilines is 1. The lowest BCUT2D eigenvalue weighted by Gasteiger charge is -2.38. The summed E-state index contributed by atoms with van der Waals surface area (Å²) in [5.74, 6) is 1.36. The summed E-state index contributed by atoms with van der Waals surface area (Å²) in [6.07, 6.45) is 2.51. The van der Waals surface area contributed by atoms with Crippen molar-refractivity contribution in [3.63, 3.8) is 0 Å². The van der Waals surface area contributed by atoms with E-state index in [0.717, 1.165) is 31.2 Å². The standard InChI is InChI=1S/C15H24ClN3/c1-15(2,3)11-6-8-19(9-7-11)10-13-12(16)4-5-14(17)18-13/h4-5,11H,6-10H2,1-3H3,(H2,17,18). The highest BCUT2D eigenvalue weighted by Crippen LogP contribution is 2.34. The van der Waals surface area contributed by atoms with Gasteiger partial charge in [-0.15, -0.1) is 0 Å². The van der Waals surface area contributed by atoms with Gasteiger partial charge in [-0.2, -0.15) is 0 Å². The molecule has 19 heavy (non-hydrogen) atoms. The van der Waals surface area contributed by atoms with E-state index in [4.69, 9.17) is 17.3 Å². The molecule has 0 saturated carbocycles. The van der Waals surface area contributed by atoms with E-state index in [0.29, 0.717) is 16.3 Å². The lowest BCUT2D eigenvalue weighted by Crippen LogP contribution is -2.37. The maximum Gasteiger partial charge on any atom is 0.123 e. The molecule has 1 aromatic heterocycles. The Morgan fingerprint density at radius 2 is 1.95 bits per heavy atom. The monoisotopic (exact) mass is 281 g/mol. The third-order valence-electron chi connectivity index (χ3n) is 4.13. The van der Waals surface area contributed by atoms with Crippen molar-refractivity contribution in [3.05, 3.63) is 22.8 Å². The van der Waals surface area contributed by atoms with Gasteiger partial charge in [0.05, 0.1) is 10.7 Å². The first-order valence-electron chi connectivity index (χ1n) is 6.99. The van der Waals surface area contributed by atoms with E-state index in [2.05, 4.69) is 30.7 Å². The third-order valence-corrected chi connectivity index (χ3v) is 4.47. The van der Waals surface area contributed by atoms with Crippen LogP contribution in [0.5, 0.6) is 0 Å². The highest BCUT2D eigenvalue weighted by Gasteiger charge is 2.28. The van der Waals surface area contributed by atoms with Crippen LogP contribution in [0.3, 0.4) is 0 Å². The molecule has 0 amide bonds. The molecule has 0 spiro atoms. The van der Waals surface area contributed by atoms with Crippen molar-refractivity contribution in [3.8, 4) is 0 Å². The molecule has 0 bridgehead atoms. The minimum atomic E-state index is 0.416.